The molecule has 0 aliphatic carbocycles. The van der Waals surface area contributed by atoms with Crippen LogP contribution in [0.15, 0.2) is 91.0 Å². The second kappa shape index (κ2) is 11.4. The van der Waals surface area contributed by atoms with Crippen LogP contribution in [0.3, 0.4) is 0 Å². The lowest BCUT2D eigenvalue weighted by atomic mass is 9.88. The van der Waals surface area contributed by atoms with Crippen molar-refractivity contribution in [1.82, 2.24) is 10.6 Å². The highest BCUT2D eigenvalue weighted by Gasteiger charge is 2.24. The van der Waals surface area contributed by atoms with Crippen molar-refractivity contribution in [2.75, 3.05) is 7.11 Å². The second-order valence-electron chi connectivity index (χ2n) is 7.49. The third-order valence-corrected chi connectivity index (χ3v) is 5.28. The topological polar surface area (TPSA) is 84.5 Å². The van der Waals surface area contributed by atoms with E-state index in [9.17, 15) is 14.4 Å². The molecular weight excluding hydrogens is 416 g/mol. The molecule has 33 heavy (non-hydrogen) atoms. The zero-order valence-corrected chi connectivity index (χ0v) is 18.5. The van der Waals surface area contributed by atoms with Crippen LogP contribution in [0.2, 0.25) is 0 Å². The summed E-state index contributed by atoms with van der Waals surface area (Å²) in [6, 6.07) is 24.9. The van der Waals surface area contributed by atoms with Gasteiger partial charge in [0.15, 0.2) is 0 Å². The maximum atomic E-state index is 12.7. The molecule has 0 radical (unpaired) electrons. The molecule has 0 fully saturated rings. The molecule has 0 aliphatic heterocycles. The van der Waals surface area contributed by atoms with Crippen molar-refractivity contribution in [3.05, 3.63) is 113 Å². The Bertz CT molecular complexity index is 1110. The van der Waals surface area contributed by atoms with Gasteiger partial charge in [-0.1, -0.05) is 79.7 Å². The Morgan fingerprint density at radius 1 is 0.818 bits per heavy atom. The predicted octanol–water partition coefficient (Wildman–Crippen LogP) is 4.86. The number of hydrogen-bond donors (Lipinski definition) is 2. The summed E-state index contributed by atoms with van der Waals surface area (Å²) in [5.41, 5.74) is 3.14. The van der Waals surface area contributed by atoms with Crippen molar-refractivity contribution < 1.29 is 19.1 Å². The summed E-state index contributed by atoms with van der Waals surface area (Å²) >= 11 is 0. The van der Waals surface area contributed by atoms with E-state index in [0.29, 0.717) is 5.56 Å². The van der Waals surface area contributed by atoms with Crippen LogP contribution < -0.4 is 10.6 Å². The van der Waals surface area contributed by atoms with Gasteiger partial charge in [0.1, 0.15) is 0 Å². The molecule has 0 saturated heterocycles. The van der Waals surface area contributed by atoms with Gasteiger partial charge in [0.05, 0.1) is 13.2 Å². The standard InChI is InChI=1S/C27H26N2O4/c1-19(21-9-5-3-6-10-21)25(22-16-13-20(14-17-22)15-18-24(30)33-2)28-27(32)29-26(31)23-11-7-4-8-12-23/h3-19,25H,1-2H3,(H2,28,29,31,32). The van der Waals surface area contributed by atoms with Gasteiger partial charge >= 0.3 is 12.0 Å². The van der Waals surface area contributed by atoms with Crippen LogP contribution in [0.1, 0.15) is 45.9 Å². The van der Waals surface area contributed by atoms with Gasteiger partial charge in [-0.3, -0.25) is 10.1 Å². The van der Waals surface area contributed by atoms with E-state index in [2.05, 4.69) is 15.4 Å². The second-order valence-corrected chi connectivity index (χ2v) is 7.49. The highest BCUT2D eigenvalue weighted by atomic mass is 16.5. The van der Waals surface area contributed by atoms with Crippen LogP contribution >= 0.6 is 0 Å². The van der Waals surface area contributed by atoms with E-state index in [0.717, 1.165) is 16.7 Å². The third kappa shape index (κ3) is 6.64. The first-order chi connectivity index (χ1) is 16.0. The molecule has 0 aromatic heterocycles. The number of amides is 3. The number of hydrogen-bond acceptors (Lipinski definition) is 4. The number of imide groups is 1. The summed E-state index contributed by atoms with van der Waals surface area (Å²) in [6.07, 6.45) is 3.00. The average molecular weight is 443 g/mol. The van der Waals surface area contributed by atoms with Crippen LogP contribution in [0.4, 0.5) is 4.79 Å². The molecule has 0 aliphatic rings. The first kappa shape index (κ1) is 23.5. The first-order valence-electron chi connectivity index (χ1n) is 10.6. The van der Waals surface area contributed by atoms with Gasteiger partial charge in [0, 0.05) is 17.6 Å². The molecule has 0 heterocycles. The fourth-order valence-electron chi connectivity index (χ4n) is 3.43. The van der Waals surface area contributed by atoms with Crippen LogP contribution in [0, 0.1) is 0 Å². The Hall–Kier alpha value is -4.19. The van der Waals surface area contributed by atoms with Crippen molar-refractivity contribution in [2.45, 2.75) is 18.9 Å². The summed E-state index contributed by atoms with van der Waals surface area (Å²) in [5, 5.41) is 5.35. The van der Waals surface area contributed by atoms with Gasteiger partial charge < -0.3 is 10.1 Å². The Balaban J connectivity index is 1.80. The number of urea groups is 1. The lowest BCUT2D eigenvalue weighted by Gasteiger charge is -2.26. The number of nitrogens with one attached hydrogen (secondary N) is 2. The van der Waals surface area contributed by atoms with Crippen molar-refractivity contribution >= 4 is 24.0 Å². The zero-order valence-electron chi connectivity index (χ0n) is 18.5. The van der Waals surface area contributed by atoms with Gasteiger partial charge in [-0.15, -0.1) is 0 Å². The van der Waals surface area contributed by atoms with E-state index < -0.39 is 23.9 Å². The van der Waals surface area contributed by atoms with Crippen molar-refractivity contribution in [1.29, 1.82) is 0 Å². The highest BCUT2D eigenvalue weighted by molar-refractivity contribution is 6.04. The lowest BCUT2D eigenvalue weighted by Crippen LogP contribution is -2.42. The van der Waals surface area contributed by atoms with Crippen LogP contribution in [0.25, 0.3) is 6.08 Å². The normalized spacial score (nSPS) is 12.5. The summed E-state index contributed by atoms with van der Waals surface area (Å²) in [6.45, 7) is 2.02. The molecule has 6 nitrogen and oxygen atoms in total. The molecule has 0 spiro atoms. The summed E-state index contributed by atoms with van der Waals surface area (Å²) < 4.78 is 4.61. The summed E-state index contributed by atoms with van der Waals surface area (Å²) in [5.74, 6) is -0.973. The number of carbonyl (C=O) groups excluding carboxylic acids is 3. The maximum Gasteiger partial charge on any atom is 0.330 e. The van der Waals surface area contributed by atoms with Gasteiger partial charge in [0.25, 0.3) is 5.91 Å². The molecule has 3 aromatic rings. The fourth-order valence-corrected chi connectivity index (χ4v) is 3.43. The monoisotopic (exact) mass is 442 g/mol. The zero-order chi connectivity index (χ0) is 23.6. The van der Waals surface area contributed by atoms with Crippen molar-refractivity contribution in [2.24, 2.45) is 0 Å². The number of carbonyl (C=O) groups is 3. The van der Waals surface area contributed by atoms with Crippen LogP contribution in [-0.4, -0.2) is 25.0 Å². The van der Waals surface area contributed by atoms with E-state index in [-0.39, 0.29) is 5.92 Å². The Kier molecular flexibility index (Phi) is 8.13. The molecule has 3 amide bonds. The number of methoxy groups -OCH3 is 1. The molecule has 0 saturated carbocycles. The maximum absolute atomic E-state index is 12.7. The van der Waals surface area contributed by atoms with E-state index in [1.54, 1.807) is 36.4 Å². The van der Waals surface area contributed by atoms with Crippen molar-refractivity contribution in [3.8, 4) is 0 Å². The molecular formula is C27H26N2O4. The average Bonchev–Trinajstić information content (AvgIpc) is 2.86. The smallest absolute Gasteiger partial charge is 0.330 e. The van der Waals surface area contributed by atoms with Gasteiger partial charge in [0.2, 0.25) is 0 Å². The minimum absolute atomic E-state index is 0.0692. The minimum Gasteiger partial charge on any atom is -0.466 e. The fraction of sp³-hybridized carbons (Fsp3) is 0.148. The Morgan fingerprint density at radius 3 is 2.03 bits per heavy atom. The van der Waals surface area contributed by atoms with E-state index in [4.69, 9.17) is 0 Å². The lowest BCUT2D eigenvalue weighted by molar-refractivity contribution is -0.134. The van der Waals surface area contributed by atoms with E-state index in [1.807, 2.05) is 61.5 Å². The van der Waals surface area contributed by atoms with Gasteiger partial charge in [-0.2, -0.15) is 0 Å². The van der Waals surface area contributed by atoms with Crippen LogP contribution in [-0.2, 0) is 9.53 Å². The van der Waals surface area contributed by atoms with Gasteiger partial charge in [-0.25, -0.2) is 9.59 Å². The molecule has 6 heteroatoms. The van der Waals surface area contributed by atoms with E-state index in [1.165, 1.54) is 13.2 Å². The first-order valence-corrected chi connectivity index (χ1v) is 10.6. The van der Waals surface area contributed by atoms with Crippen molar-refractivity contribution in [3.63, 3.8) is 0 Å². The molecule has 3 rings (SSSR count). The Morgan fingerprint density at radius 2 is 1.42 bits per heavy atom. The Labute approximate surface area is 193 Å². The number of rotatable bonds is 7. The summed E-state index contributed by atoms with van der Waals surface area (Å²) in [4.78, 5) is 36.4. The van der Waals surface area contributed by atoms with Gasteiger partial charge in [-0.05, 0) is 34.9 Å². The third-order valence-electron chi connectivity index (χ3n) is 5.28. The molecule has 2 atom stereocenters. The molecule has 3 aromatic carbocycles. The largest absolute Gasteiger partial charge is 0.466 e. The predicted molar refractivity (Wildman–Crippen MR) is 128 cm³/mol. The molecule has 2 N–H and O–H groups in total. The molecule has 168 valence electrons. The number of ether oxygens (including phenoxy) is 1. The number of esters is 1. The van der Waals surface area contributed by atoms with Crippen LogP contribution in [0.5, 0.6) is 0 Å². The highest BCUT2D eigenvalue weighted by Crippen LogP contribution is 2.31. The molecule has 2 unspecified atom stereocenters. The molecule has 0 bridgehead atoms. The SMILES string of the molecule is COC(=O)C=Cc1ccc(C(NC(=O)NC(=O)c2ccccc2)C(C)c2ccccc2)cc1. The number of benzene rings is 3. The van der Waals surface area contributed by atoms with E-state index >= 15 is 0 Å². The quantitative estimate of drug-likeness (QED) is 0.404. The minimum atomic E-state index is -0.578. The summed E-state index contributed by atoms with van der Waals surface area (Å²) in [7, 11) is 1.32.